The average molecular weight is 294 g/mol. The van der Waals surface area contributed by atoms with E-state index in [1.165, 1.54) is 30.5 Å². The van der Waals surface area contributed by atoms with Crippen LogP contribution in [-0.4, -0.2) is 31.1 Å². The van der Waals surface area contributed by atoms with Crippen molar-refractivity contribution in [1.82, 2.24) is 10.2 Å². The first kappa shape index (κ1) is 12.5. The largest absolute Gasteiger partial charge is 0.482 e. The van der Waals surface area contributed by atoms with Crippen molar-refractivity contribution in [3.63, 3.8) is 0 Å². The molecule has 1 amide bonds. The van der Waals surface area contributed by atoms with Gasteiger partial charge in [0.1, 0.15) is 11.6 Å². The number of aromatic nitrogens is 2. The predicted octanol–water partition coefficient (Wildman–Crippen LogP) is 0.541. The molecule has 1 aromatic heterocycles. The molecule has 3 rings (SSSR count). The zero-order valence-electron chi connectivity index (χ0n) is 10.1. The van der Waals surface area contributed by atoms with Gasteiger partial charge < -0.3 is 10.1 Å². The molecule has 0 aliphatic carbocycles. The predicted molar refractivity (Wildman–Crippen MR) is 70.0 cm³/mol. The van der Waals surface area contributed by atoms with Gasteiger partial charge in [0.25, 0.3) is 15.9 Å². The molecule has 2 heterocycles. The molecule has 9 heteroatoms. The van der Waals surface area contributed by atoms with Crippen LogP contribution in [0.5, 0.6) is 5.75 Å². The Morgan fingerprint density at radius 2 is 2.15 bits per heavy atom. The lowest BCUT2D eigenvalue weighted by Gasteiger charge is -2.18. The number of nitrogens with one attached hydrogen (secondary N) is 3. The fourth-order valence-electron chi connectivity index (χ4n) is 1.75. The Hall–Kier alpha value is -2.55. The summed E-state index contributed by atoms with van der Waals surface area (Å²) in [6.45, 7) is -0.0779. The number of amides is 1. The number of aromatic amines is 1. The summed E-state index contributed by atoms with van der Waals surface area (Å²) in [7, 11) is -3.76. The summed E-state index contributed by atoms with van der Waals surface area (Å²) >= 11 is 0. The van der Waals surface area contributed by atoms with Gasteiger partial charge >= 0.3 is 0 Å². The first-order chi connectivity index (χ1) is 9.54. The van der Waals surface area contributed by atoms with Crippen molar-refractivity contribution < 1.29 is 17.9 Å². The molecular formula is C11H10N4O4S. The van der Waals surface area contributed by atoms with Gasteiger partial charge in [-0.3, -0.25) is 14.6 Å². The minimum Gasteiger partial charge on any atom is -0.482 e. The van der Waals surface area contributed by atoms with Gasteiger partial charge in [-0.25, -0.2) is 8.42 Å². The van der Waals surface area contributed by atoms with Gasteiger partial charge in [0.2, 0.25) is 0 Å². The lowest BCUT2D eigenvalue weighted by molar-refractivity contribution is -0.118. The summed E-state index contributed by atoms with van der Waals surface area (Å²) < 4.78 is 31.8. The zero-order valence-corrected chi connectivity index (χ0v) is 10.9. The molecule has 1 aliphatic rings. The highest BCUT2D eigenvalue weighted by atomic mass is 32.2. The van der Waals surface area contributed by atoms with Crippen LogP contribution in [0.4, 0.5) is 11.5 Å². The molecule has 0 atom stereocenters. The first-order valence-electron chi connectivity index (χ1n) is 5.63. The molecule has 0 bridgehead atoms. The third-order valence-electron chi connectivity index (χ3n) is 2.64. The highest BCUT2D eigenvalue weighted by Gasteiger charge is 2.21. The lowest BCUT2D eigenvalue weighted by atomic mass is 10.2. The van der Waals surface area contributed by atoms with Gasteiger partial charge in [0.05, 0.1) is 16.8 Å². The minimum atomic E-state index is -3.76. The monoisotopic (exact) mass is 294 g/mol. The number of nitrogens with zero attached hydrogens (tertiary/aromatic N) is 1. The summed E-state index contributed by atoms with van der Waals surface area (Å²) in [5, 5.41) is 8.70. The Labute approximate surface area is 114 Å². The molecule has 1 aliphatic heterocycles. The number of sulfonamides is 1. The van der Waals surface area contributed by atoms with E-state index in [4.69, 9.17) is 4.74 Å². The van der Waals surface area contributed by atoms with Crippen molar-refractivity contribution in [2.45, 2.75) is 4.90 Å². The highest BCUT2D eigenvalue weighted by molar-refractivity contribution is 7.92. The molecule has 0 unspecified atom stereocenters. The van der Waals surface area contributed by atoms with Crippen LogP contribution in [0.3, 0.4) is 0 Å². The Morgan fingerprint density at radius 3 is 2.90 bits per heavy atom. The van der Waals surface area contributed by atoms with E-state index in [2.05, 4.69) is 20.2 Å². The van der Waals surface area contributed by atoms with Crippen molar-refractivity contribution in [3.05, 3.63) is 30.5 Å². The fourth-order valence-corrected chi connectivity index (χ4v) is 2.79. The van der Waals surface area contributed by atoms with E-state index in [0.29, 0.717) is 11.4 Å². The van der Waals surface area contributed by atoms with Crippen LogP contribution in [-0.2, 0) is 14.8 Å². The third kappa shape index (κ3) is 2.30. The summed E-state index contributed by atoms with van der Waals surface area (Å²) in [5.41, 5.74) is 0.328. The van der Waals surface area contributed by atoms with Crippen molar-refractivity contribution in [1.29, 1.82) is 0 Å². The van der Waals surface area contributed by atoms with E-state index in [9.17, 15) is 13.2 Å². The molecule has 104 valence electrons. The summed E-state index contributed by atoms with van der Waals surface area (Å²) in [5.74, 6) is 0.363. The van der Waals surface area contributed by atoms with E-state index in [1.807, 2.05) is 0 Å². The van der Waals surface area contributed by atoms with Crippen molar-refractivity contribution in [2.24, 2.45) is 0 Å². The molecule has 8 nitrogen and oxygen atoms in total. The molecule has 2 aromatic rings. The number of hydrogen-bond acceptors (Lipinski definition) is 5. The van der Waals surface area contributed by atoms with Crippen molar-refractivity contribution in [2.75, 3.05) is 16.6 Å². The molecule has 3 N–H and O–H groups in total. The fraction of sp³-hybridized carbons (Fsp3) is 0.0909. The smallest absolute Gasteiger partial charge is 0.263 e. The van der Waals surface area contributed by atoms with Crippen molar-refractivity contribution in [3.8, 4) is 5.75 Å². The van der Waals surface area contributed by atoms with Gasteiger partial charge in [-0.1, -0.05) is 0 Å². The van der Waals surface area contributed by atoms with E-state index >= 15 is 0 Å². The molecule has 0 spiro atoms. The van der Waals surface area contributed by atoms with E-state index in [-0.39, 0.29) is 23.2 Å². The number of benzene rings is 1. The van der Waals surface area contributed by atoms with Crippen LogP contribution < -0.4 is 14.8 Å². The average Bonchev–Trinajstić information content (AvgIpc) is 2.90. The number of H-pyrrole nitrogens is 1. The van der Waals surface area contributed by atoms with E-state index in [1.54, 1.807) is 0 Å². The maximum absolute atomic E-state index is 12.2. The topological polar surface area (TPSA) is 113 Å². The normalized spacial score (nSPS) is 14.1. The number of carbonyl (C=O) groups is 1. The number of ether oxygens (including phenoxy) is 1. The Bertz CT molecular complexity index is 755. The SMILES string of the molecule is O=C1COc2ccc(S(=O)(=O)Nc3ccn[nH]3)cc2N1. The van der Waals surface area contributed by atoms with Gasteiger partial charge in [0.15, 0.2) is 6.61 Å². The summed E-state index contributed by atoms with van der Waals surface area (Å²) in [4.78, 5) is 11.2. The minimum absolute atomic E-state index is 0.0108. The second-order valence-electron chi connectivity index (χ2n) is 4.07. The Balaban J connectivity index is 1.94. The molecule has 20 heavy (non-hydrogen) atoms. The molecule has 1 aromatic carbocycles. The zero-order chi connectivity index (χ0) is 14.2. The molecule has 0 saturated carbocycles. The van der Waals surface area contributed by atoms with Gasteiger partial charge in [0, 0.05) is 6.07 Å². The maximum Gasteiger partial charge on any atom is 0.263 e. The van der Waals surface area contributed by atoms with E-state index < -0.39 is 10.0 Å². The number of hydrogen-bond donors (Lipinski definition) is 3. The third-order valence-corrected chi connectivity index (χ3v) is 4.00. The standard InChI is InChI=1S/C11H10N4O4S/c16-11-6-19-9-2-1-7(5-8(9)13-11)20(17,18)15-10-3-4-12-14-10/h1-5H,6H2,(H,13,16)(H2,12,14,15). The van der Waals surface area contributed by atoms with Crippen molar-refractivity contribution >= 4 is 27.4 Å². The number of carbonyl (C=O) groups excluding carboxylic acids is 1. The molecule has 0 radical (unpaired) electrons. The Morgan fingerprint density at radius 1 is 1.30 bits per heavy atom. The van der Waals surface area contributed by atoms with Crippen LogP contribution in [0.25, 0.3) is 0 Å². The molecular weight excluding hydrogens is 284 g/mol. The van der Waals surface area contributed by atoms with Gasteiger partial charge in [-0.05, 0) is 18.2 Å². The number of rotatable bonds is 3. The van der Waals surface area contributed by atoms with Crippen LogP contribution in [0.1, 0.15) is 0 Å². The van der Waals surface area contributed by atoms with Crippen LogP contribution >= 0.6 is 0 Å². The summed E-state index contributed by atoms with van der Waals surface area (Å²) in [6.07, 6.45) is 1.43. The quantitative estimate of drug-likeness (QED) is 0.764. The van der Waals surface area contributed by atoms with Gasteiger partial charge in [-0.2, -0.15) is 5.10 Å². The van der Waals surface area contributed by atoms with Crippen LogP contribution in [0.2, 0.25) is 0 Å². The first-order valence-corrected chi connectivity index (χ1v) is 7.12. The Kier molecular flexibility index (Phi) is 2.83. The van der Waals surface area contributed by atoms with Gasteiger partial charge in [-0.15, -0.1) is 0 Å². The second kappa shape index (κ2) is 4.53. The highest BCUT2D eigenvalue weighted by Crippen LogP contribution is 2.30. The number of anilines is 2. The maximum atomic E-state index is 12.2. The van der Waals surface area contributed by atoms with Crippen LogP contribution in [0.15, 0.2) is 35.4 Å². The molecule has 0 fully saturated rings. The van der Waals surface area contributed by atoms with E-state index in [0.717, 1.165) is 0 Å². The molecule has 0 saturated heterocycles. The van der Waals surface area contributed by atoms with Crippen LogP contribution in [0, 0.1) is 0 Å². The summed E-state index contributed by atoms with van der Waals surface area (Å²) in [6, 6.07) is 5.72. The number of fused-ring (bicyclic) bond motifs is 1. The second-order valence-corrected chi connectivity index (χ2v) is 5.75. The lowest BCUT2D eigenvalue weighted by Crippen LogP contribution is -2.25.